The summed E-state index contributed by atoms with van der Waals surface area (Å²) in [6, 6.07) is 1.54. The summed E-state index contributed by atoms with van der Waals surface area (Å²) < 4.78 is 25.2. The number of nitrogens with zero attached hydrogens (tertiary/aromatic N) is 3. The van der Waals surface area contributed by atoms with Crippen molar-refractivity contribution >= 4 is 29.6 Å². The maximum atomic E-state index is 14.2. The molecule has 2 saturated heterocycles. The van der Waals surface area contributed by atoms with Crippen LogP contribution in [0.5, 0.6) is 0 Å². The summed E-state index contributed by atoms with van der Waals surface area (Å²) in [6.07, 6.45) is 8.76. The molecule has 0 radical (unpaired) electrons. The Bertz CT molecular complexity index is 898. The molecule has 0 aliphatic carbocycles. The Hall–Kier alpha value is -2.40. The monoisotopic (exact) mass is 480 g/mol. The fourth-order valence-electron chi connectivity index (χ4n) is 3.63. The lowest BCUT2D eigenvalue weighted by Crippen LogP contribution is -2.44. The molecule has 2 aliphatic heterocycles. The number of hydrogen-bond donors (Lipinski definition) is 3. The molecule has 33 heavy (non-hydrogen) atoms. The van der Waals surface area contributed by atoms with E-state index in [4.69, 9.17) is 21.1 Å². The van der Waals surface area contributed by atoms with Crippen LogP contribution in [-0.2, 0) is 14.3 Å². The second-order valence-electron chi connectivity index (χ2n) is 7.87. The van der Waals surface area contributed by atoms with Crippen LogP contribution in [0.1, 0.15) is 32.1 Å². The highest BCUT2D eigenvalue weighted by molar-refractivity contribution is 6.33. The zero-order valence-corrected chi connectivity index (χ0v) is 19.5. The number of pyridine rings is 1. The van der Waals surface area contributed by atoms with Crippen LogP contribution in [0.25, 0.3) is 11.3 Å². The minimum Gasteiger partial charge on any atom is -0.381 e. The van der Waals surface area contributed by atoms with E-state index in [1.54, 1.807) is 7.11 Å². The van der Waals surface area contributed by atoms with Crippen LogP contribution in [-0.4, -0.2) is 66.9 Å². The summed E-state index contributed by atoms with van der Waals surface area (Å²) in [5, 5.41) is 9.01. The number of methoxy groups -OCH3 is 1. The smallest absolute Gasteiger partial charge is 0.255 e. The third kappa shape index (κ3) is 7.29. The van der Waals surface area contributed by atoms with Crippen molar-refractivity contribution in [2.45, 2.75) is 37.7 Å². The average molecular weight is 481 g/mol. The van der Waals surface area contributed by atoms with Gasteiger partial charge in [0.2, 0.25) is 6.41 Å². The van der Waals surface area contributed by atoms with Crippen molar-refractivity contribution in [2.75, 3.05) is 50.6 Å². The van der Waals surface area contributed by atoms with Crippen molar-refractivity contribution in [1.29, 1.82) is 0 Å². The van der Waals surface area contributed by atoms with Crippen molar-refractivity contribution in [3.8, 4) is 11.3 Å². The molecule has 2 aromatic rings. The largest absolute Gasteiger partial charge is 0.381 e. The Morgan fingerprint density at radius 3 is 2.61 bits per heavy atom. The number of aromatic nitrogens is 3. The van der Waals surface area contributed by atoms with Gasteiger partial charge >= 0.3 is 0 Å². The fraction of sp³-hybridized carbons (Fsp3) is 0.545. The van der Waals surface area contributed by atoms with E-state index in [1.807, 2.05) is 0 Å². The van der Waals surface area contributed by atoms with Crippen LogP contribution in [0.3, 0.4) is 0 Å². The molecule has 3 N–H and O–H groups in total. The molecule has 2 fully saturated rings. The van der Waals surface area contributed by atoms with Crippen LogP contribution < -0.4 is 16.0 Å². The molecule has 0 unspecified atom stereocenters. The quantitative estimate of drug-likeness (QED) is 0.518. The molecule has 180 valence electrons. The van der Waals surface area contributed by atoms with Gasteiger partial charge in [-0.2, -0.15) is 4.39 Å². The lowest BCUT2D eigenvalue weighted by molar-refractivity contribution is -0.105. The first-order valence-electron chi connectivity index (χ1n) is 11.0. The van der Waals surface area contributed by atoms with Gasteiger partial charge in [-0.3, -0.25) is 4.79 Å². The fourth-order valence-corrected chi connectivity index (χ4v) is 3.83. The first kappa shape index (κ1) is 25.2. The summed E-state index contributed by atoms with van der Waals surface area (Å²) in [7, 11) is 1.63. The third-order valence-electron chi connectivity index (χ3n) is 5.69. The van der Waals surface area contributed by atoms with E-state index in [9.17, 15) is 9.18 Å². The Kier molecular flexibility index (Phi) is 9.74. The predicted molar refractivity (Wildman–Crippen MR) is 125 cm³/mol. The van der Waals surface area contributed by atoms with Gasteiger partial charge in [0.05, 0.1) is 22.5 Å². The van der Waals surface area contributed by atoms with Gasteiger partial charge < -0.3 is 25.4 Å². The zero-order valence-electron chi connectivity index (χ0n) is 18.7. The van der Waals surface area contributed by atoms with Crippen molar-refractivity contribution < 1.29 is 18.7 Å². The number of halogens is 2. The Morgan fingerprint density at radius 1 is 1.24 bits per heavy atom. The molecule has 4 heterocycles. The van der Waals surface area contributed by atoms with Crippen molar-refractivity contribution in [2.24, 2.45) is 0 Å². The summed E-state index contributed by atoms with van der Waals surface area (Å²) in [6.45, 7) is 4.04. The maximum absolute atomic E-state index is 14.2. The van der Waals surface area contributed by atoms with E-state index in [2.05, 4.69) is 30.9 Å². The van der Waals surface area contributed by atoms with Gasteiger partial charge in [-0.05, 0) is 32.0 Å². The van der Waals surface area contributed by atoms with Crippen molar-refractivity contribution in [3.63, 3.8) is 0 Å². The molecule has 2 aliphatic rings. The number of anilines is 2. The molecule has 0 bridgehead atoms. The molecule has 1 amide bonds. The van der Waals surface area contributed by atoms with Gasteiger partial charge in [0, 0.05) is 51.5 Å². The number of carbonyl (C=O) groups is 1. The van der Waals surface area contributed by atoms with Gasteiger partial charge in [0.25, 0.3) is 5.95 Å². The Morgan fingerprint density at radius 2 is 2.00 bits per heavy atom. The lowest BCUT2D eigenvalue weighted by Gasteiger charge is -2.36. The number of nitrogens with one attached hydrogen (secondary N) is 3. The van der Waals surface area contributed by atoms with Crippen molar-refractivity contribution in [1.82, 2.24) is 20.3 Å². The topological polar surface area (TPSA) is 110 Å². The number of rotatable bonds is 7. The first-order valence-corrected chi connectivity index (χ1v) is 11.4. The summed E-state index contributed by atoms with van der Waals surface area (Å²) in [5.74, 6) is -0.438. The maximum Gasteiger partial charge on any atom is 0.255 e. The van der Waals surface area contributed by atoms with E-state index >= 15 is 0 Å². The molecular weight excluding hydrogens is 451 g/mol. The number of ether oxygens (including phenoxy) is 2. The van der Waals surface area contributed by atoms with Crippen LogP contribution in [0.15, 0.2) is 18.5 Å². The minimum atomic E-state index is -0.728. The highest BCUT2D eigenvalue weighted by atomic mass is 35.5. The second-order valence-corrected chi connectivity index (χ2v) is 8.28. The van der Waals surface area contributed by atoms with E-state index < -0.39 is 11.5 Å². The lowest BCUT2D eigenvalue weighted by atomic mass is 9.94. The van der Waals surface area contributed by atoms with Gasteiger partial charge in [-0.15, -0.1) is 0 Å². The SMILES string of the molecule is C1CCNCC1.COC1(CNc2nc(-c3cc(NC=O)ncc3Cl)cnc2F)CCOCC1. The molecule has 0 saturated carbocycles. The van der Waals surface area contributed by atoms with Gasteiger partial charge in [-0.1, -0.05) is 18.0 Å². The predicted octanol–water partition coefficient (Wildman–Crippen LogP) is 3.27. The standard InChI is InChI=1S/C17H19ClFN5O3.C5H11N/c1-26-17(2-4-27-5-3-17)9-22-16-15(19)21-8-13(24-16)11-6-14(23-10-25)20-7-12(11)18;1-2-4-6-5-3-1/h6-8,10H,2-5,9H2,1H3,(H,22,24)(H,20,23,25);6H,1-5H2. The Balaban J connectivity index is 0.000000442. The minimum absolute atomic E-state index is 0.00630. The average Bonchev–Trinajstić information content (AvgIpc) is 2.87. The number of carbonyl (C=O) groups excluding carboxylic acids is 1. The highest BCUT2D eigenvalue weighted by Crippen LogP contribution is 2.29. The van der Waals surface area contributed by atoms with Gasteiger partial charge in [-0.25, -0.2) is 15.0 Å². The number of hydrogen-bond acceptors (Lipinski definition) is 8. The molecule has 4 rings (SSSR count). The summed E-state index contributed by atoms with van der Waals surface area (Å²) in [5.41, 5.74) is 0.371. The normalized spacial score (nSPS) is 17.4. The van der Waals surface area contributed by atoms with E-state index in [0.29, 0.717) is 61.1 Å². The molecule has 0 aromatic carbocycles. The first-order chi connectivity index (χ1) is 16.1. The molecular formula is C22H30ClFN6O3. The van der Waals surface area contributed by atoms with Crippen LogP contribution >= 0.6 is 11.6 Å². The van der Waals surface area contributed by atoms with Gasteiger partial charge in [0.1, 0.15) is 5.82 Å². The number of piperidine rings is 1. The van der Waals surface area contributed by atoms with Gasteiger partial charge in [0.15, 0.2) is 5.82 Å². The number of amides is 1. The van der Waals surface area contributed by atoms with E-state index in [0.717, 1.165) is 0 Å². The highest BCUT2D eigenvalue weighted by Gasteiger charge is 2.32. The second kappa shape index (κ2) is 12.7. The van der Waals surface area contributed by atoms with Crippen LogP contribution in [0.2, 0.25) is 5.02 Å². The molecule has 0 spiro atoms. The Labute approximate surface area is 197 Å². The van der Waals surface area contributed by atoms with E-state index in [-0.39, 0.29) is 5.82 Å². The summed E-state index contributed by atoms with van der Waals surface area (Å²) in [4.78, 5) is 22.6. The third-order valence-corrected chi connectivity index (χ3v) is 5.99. The molecule has 0 atom stereocenters. The van der Waals surface area contributed by atoms with E-state index in [1.165, 1.54) is 50.8 Å². The zero-order chi connectivity index (χ0) is 23.5. The van der Waals surface area contributed by atoms with Crippen LogP contribution in [0, 0.1) is 5.95 Å². The van der Waals surface area contributed by atoms with Crippen molar-refractivity contribution in [3.05, 3.63) is 29.4 Å². The van der Waals surface area contributed by atoms with Crippen LogP contribution in [0.4, 0.5) is 16.0 Å². The summed E-state index contributed by atoms with van der Waals surface area (Å²) >= 11 is 6.17. The molecule has 2 aromatic heterocycles. The molecule has 11 heteroatoms. The molecule has 9 nitrogen and oxygen atoms in total.